The second-order valence-corrected chi connectivity index (χ2v) is 11.1. The standard InChI is InChI=1S/C23H36O2S/c1-22(2,3)18-12-16(13-19(14-18)23(4,5)6)10-11-17-8-7-9-20(17)26-15-21(24)25/h12-14,17,20H,7-11,15H2,1-6H3,(H,24,25). The fourth-order valence-corrected chi connectivity index (χ4v) is 5.02. The average Bonchev–Trinajstić information content (AvgIpc) is 2.96. The van der Waals surface area contributed by atoms with E-state index >= 15 is 0 Å². The number of hydrogen-bond donors (Lipinski definition) is 1. The van der Waals surface area contributed by atoms with Gasteiger partial charge in [-0.05, 0) is 59.1 Å². The van der Waals surface area contributed by atoms with Gasteiger partial charge in [0, 0.05) is 5.25 Å². The van der Waals surface area contributed by atoms with Crippen molar-refractivity contribution in [2.45, 2.75) is 89.7 Å². The van der Waals surface area contributed by atoms with Crippen molar-refractivity contribution in [2.24, 2.45) is 5.92 Å². The first-order chi connectivity index (χ1) is 12.0. The highest BCUT2D eigenvalue weighted by Gasteiger charge is 2.28. The van der Waals surface area contributed by atoms with Crippen molar-refractivity contribution in [1.29, 1.82) is 0 Å². The van der Waals surface area contributed by atoms with Gasteiger partial charge in [0.05, 0.1) is 5.75 Å². The number of rotatable bonds is 6. The molecule has 1 saturated carbocycles. The Labute approximate surface area is 164 Å². The highest BCUT2D eigenvalue weighted by Crippen LogP contribution is 2.38. The van der Waals surface area contributed by atoms with Crippen LogP contribution in [0.25, 0.3) is 0 Å². The molecule has 2 atom stereocenters. The molecule has 1 aliphatic rings. The summed E-state index contributed by atoms with van der Waals surface area (Å²) in [6.45, 7) is 13.7. The number of aryl methyl sites for hydroxylation is 1. The maximum atomic E-state index is 10.9. The first-order valence-electron chi connectivity index (χ1n) is 9.95. The van der Waals surface area contributed by atoms with Gasteiger partial charge in [-0.2, -0.15) is 0 Å². The van der Waals surface area contributed by atoms with Gasteiger partial charge in [-0.25, -0.2) is 0 Å². The normalized spacial score (nSPS) is 21.2. The summed E-state index contributed by atoms with van der Waals surface area (Å²) < 4.78 is 0. The lowest BCUT2D eigenvalue weighted by Gasteiger charge is -2.27. The second kappa shape index (κ2) is 8.37. The summed E-state index contributed by atoms with van der Waals surface area (Å²) in [7, 11) is 0. The smallest absolute Gasteiger partial charge is 0.313 e. The molecule has 1 fully saturated rings. The van der Waals surface area contributed by atoms with Gasteiger partial charge in [0.15, 0.2) is 0 Å². The van der Waals surface area contributed by atoms with E-state index in [1.54, 1.807) is 11.8 Å². The zero-order valence-electron chi connectivity index (χ0n) is 17.4. The lowest BCUT2D eigenvalue weighted by molar-refractivity contribution is -0.133. The van der Waals surface area contributed by atoms with Crippen LogP contribution in [0.1, 0.15) is 83.9 Å². The number of thioether (sulfide) groups is 1. The Hall–Kier alpha value is -0.960. The largest absolute Gasteiger partial charge is 0.481 e. The topological polar surface area (TPSA) is 37.3 Å². The molecule has 1 N–H and O–H groups in total. The van der Waals surface area contributed by atoms with E-state index in [1.165, 1.54) is 42.4 Å². The zero-order valence-corrected chi connectivity index (χ0v) is 18.2. The number of hydrogen-bond acceptors (Lipinski definition) is 2. The van der Waals surface area contributed by atoms with Crippen LogP contribution in [0.2, 0.25) is 0 Å². The maximum absolute atomic E-state index is 10.9. The quantitative estimate of drug-likeness (QED) is 0.642. The Morgan fingerprint density at radius 2 is 1.62 bits per heavy atom. The molecule has 0 aromatic heterocycles. The molecule has 2 unspecified atom stereocenters. The van der Waals surface area contributed by atoms with Crippen LogP contribution in [-0.2, 0) is 22.0 Å². The average molecular weight is 377 g/mol. The van der Waals surface area contributed by atoms with E-state index in [4.69, 9.17) is 5.11 Å². The lowest BCUT2D eigenvalue weighted by atomic mass is 9.79. The minimum absolute atomic E-state index is 0.156. The number of benzene rings is 1. The molecule has 0 heterocycles. The van der Waals surface area contributed by atoms with Crippen molar-refractivity contribution in [3.63, 3.8) is 0 Å². The van der Waals surface area contributed by atoms with Crippen molar-refractivity contribution in [1.82, 2.24) is 0 Å². The molecule has 3 heteroatoms. The van der Waals surface area contributed by atoms with E-state index in [9.17, 15) is 4.79 Å². The second-order valence-electron chi connectivity index (χ2n) is 9.89. The maximum Gasteiger partial charge on any atom is 0.313 e. The van der Waals surface area contributed by atoms with Crippen LogP contribution in [0.15, 0.2) is 18.2 Å². The highest BCUT2D eigenvalue weighted by atomic mass is 32.2. The van der Waals surface area contributed by atoms with Crippen molar-refractivity contribution >= 4 is 17.7 Å². The summed E-state index contributed by atoms with van der Waals surface area (Å²) in [5.41, 5.74) is 4.59. The van der Waals surface area contributed by atoms with E-state index in [1.807, 2.05) is 0 Å². The molecule has 0 amide bonds. The van der Waals surface area contributed by atoms with E-state index < -0.39 is 5.97 Å². The van der Waals surface area contributed by atoms with Crippen molar-refractivity contribution in [3.8, 4) is 0 Å². The van der Waals surface area contributed by atoms with Crippen LogP contribution in [-0.4, -0.2) is 22.1 Å². The van der Waals surface area contributed by atoms with Crippen molar-refractivity contribution in [2.75, 3.05) is 5.75 Å². The predicted molar refractivity (Wildman–Crippen MR) is 113 cm³/mol. The molecular weight excluding hydrogens is 340 g/mol. The number of carbonyl (C=O) groups is 1. The van der Waals surface area contributed by atoms with Crippen molar-refractivity contribution < 1.29 is 9.90 Å². The molecule has 0 saturated heterocycles. The van der Waals surface area contributed by atoms with Crippen LogP contribution in [0.3, 0.4) is 0 Å². The Morgan fingerprint density at radius 1 is 1.04 bits per heavy atom. The molecule has 2 rings (SSSR count). The molecule has 0 radical (unpaired) electrons. The van der Waals surface area contributed by atoms with Gasteiger partial charge in [-0.3, -0.25) is 4.79 Å². The Kier molecular flexibility index (Phi) is 6.87. The zero-order chi connectivity index (χ0) is 19.5. The summed E-state index contributed by atoms with van der Waals surface area (Å²) in [5.74, 6) is 0.221. The molecule has 1 aromatic rings. The van der Waals surface area contributed by atoms with E-state index in [0.717, 1.165) is 6.42 Å². The molecule has 0 aliphatic heterocycles. The SMILES string of the molecule is CC(C)(C)c1cc(CCC2CCCC2SCC(=O)O)cc(C(C)(C)C)c1. The first kappa shape index (κ1) is 21.3. The summed E-state index contributed by atoms with van der Waals surface area (Å²) >= 11 is 1.65. The molecule has 1 aromatic carbocycles. The molecule has 26 heavy (non-hydrogen) atoms. The molecular formula is C23H36O2S. The van der Waals surface area contributed by atoms with Crippen LogP contribution in [0.4, 0.5) is 0 Å². The Balaban J connectivity index is 2.12. The number of aliphatic carboxylic acids is 1. The predicted octanol–water partition coefficient (Wildman–Crippen LogP) is 6.20. The lowest BCUT2D eigenvalue weighted by Crippen LogP contribution is -2.18. The van der Waals surface area contributed by atoms with Gasteiger partial charge >= 0.3 is 5.97 Å². The van der Waals surface area contributed by atoms with Crippen LogP contribution in [0, 0.1) is 5.92 Å². The van der Waals surface area contributed by atoms with E-state index in [0.29, 0.717) is 11.2 Å². The van der Waals surface area contributed by atoms with Gasteiger partial charge in [0.25, 0.3) is 0 Å². The summed E-state index contributed by atoms with van der Waals surface area (Å²) in [6.07, 6.45) is 5.95. The van der Waals surface area contributed by atoms with Gasteiger partial charge in [-0.15, -0.1) is 11.8 Å². The van der Waals surface area contributed by atoms with Gasteiger partial charge in [0.2, 0.25) is 0 Å². The Morgan fingerprint density at radius 3 is 2.12 bits per heavy atom. The Bertz CT molecular complexity index is 590. The third kappa shape index (κ3) is 6.04. The molecule has 1 aliphatic carbocycles. The monoisotopic (exact) mass is 376 g/mol. The third-order valence-corrected chi connectivity index (χ3v) is 7.00. The summed E-state index contributed by atoms with van der Waals surface area (Å²) in [4.78, 5) is 10.9. The summed E-state index contributed by atoms with van der Waals surface area (Å²) in [5, 5.41) is 9.49. The number of carboxylic acids is 1. The van der Waals surface area contributed by atoms with E-state index in [-0.39, 0.29) is 16.6 Å². The fraction of sp³-hybridized carbons (Fsp3) is 0.696. The third-order valence-electron chi connectivity index (χ3n) is 5.54. The minimum atomic E-state index is -0.687. The summed E-state index contributed by atoms with van der Waals surface area (Å²) in [6, 6.07) is 7.16. The first-order valence-corrected chi connectivity index (χ1v) is 11.0. The highest BCUT2D eigenvalue weighted by molar-refractivity contribution is 8.00. The number of carboxylic acid groups (broad SMARTS) is 1. The van der Waals surface area contributed by atoms with Gasteiger partial charge in [0.1, 0.15) is 0 Å². The minimum Gasteiger partial charge on any atom is -0.481 e. The van der Waals surface area contributed by atoms with Crippen LogP contribution in [0.5, 0.6) is 0 Å². The molecule has 146 valence electrons. The molecule has 0 bridgehead atoms. The van der Waals surface area contributed by atoms with E-state index in [2.05, 4.69) is 59.7 Å². The molecule has 2 nitrogen and oxygen atoms in total. The van der Waals surface area contributed by atoms with Gasteiger partial charge in [-0.1, -0.05) is 66.2 Å². The molecule has 0 spiro atoms. The van der Waals surface area contributed by atoms with Crippen LogP contribution >= 0.6 is 11.8 Å². The fourth-order valence-electron chi connectivity index (χ4n) is 3.79. The van der Waals surface area contributed by atoms with Gasteiger partial charge < -0.3 is 5.11 Å². The van der Waals surface area contributed by atoms with Crippen molar-refractivity contribution in [3.05, 3.63) is 34.9 Å². The van der Waals surface area contributed by atoms with Crippen LogP contribution < -0.4 is 0 Å².